The third-order valence-electron chi connectivity index (χ3n) is 2.52. The van der Waals surface area contributed by atoms with Gasteiger partial charge in [0.15, 0.2) is 0 Å². The SMILES string of the molecule is BrCc1ccc(-c2cccc(CBr)c2)cc1. The maximum Gasteiger partial charge on any atom is 0.0283 e. The predicted octanol–water partition coefficient (Wildman–Crippen LogP) is 5.14. The van der Waals surface area contributed by atoms with Crippen LogP contribution < -0.4 is 0 Å². The molecular formula is C14H12Br2. The molecule has 2 aromatic carbocycles. The van der Waals surface area contributed by atoms with E-state index in [1.807, 2.05) is 0 Å². The van der Waals surface area contributed by atoms with Gasteiger partial charge in [0.1, 0.15) is 0 Å². The van der Waals surface area contributed by atoms with Gasteiger partial charge in [-0.25, -0.2) is 0 Å². The first kappa shape index (κ1) is 11.9. The van der Waals surface area contributed by atoms with Crippen LogP contribution in [0.2, 0.25) is 0 Å². The highest BCUT2D eigenvalue weighted by Crippen LogP contribution is 2.22. The average Bonchev–Trinajstić information content (AvgIpc) is 2.39. The van der Waals surface area contributed by atoms with E-state index in [0.29, 0.717) is 0 Å². The summed E-state index contributed by atoms with van der Waals surface area (Å²) in [5, 5.41) is 1.81. The molecule has 0 atom stereocenters. The van der Waals surface area contributed by atoms with E-state index in [1.165, 1.54) is 22.3 Å². The zero-order chi connectivity index (χ0) is 11.4. The van der Waals surface area contributed by atoms with Crippen LogP contribution in [0.5, 0.6) is 0 Å². The van der Waals surface area contributed by atoms with E-state index in [4.69, 9.17) is 0 Å². The Morgan fingerprint density at radius 2 is 1.38 bits per heavy atom. The van der Waals surface area contributed by atoms with Crippen LogP contribution in [0, 0.1) is 0 Å². The maximum atomic E-state index is 3.48. The molecule has 2 rings (SSSR count). The standard InChI is InChI=1S/C14H12Br2/c15-9-11-4-6-13(7-5-11)14-3-1-2-12(8-14)10-16/h1-8H,9-10H2. The van der Waals surface area contributed by atoms with Gasteiger partial charge < -0.3 is 0 Å². The lowest BCUT2D eigenvalue weighted by molar-refractivity contribution is 1.41. The molecule has 0 aliphatic rings. The molecule has 0 fully saturated rings. The smallest absolute Gasteiger partial charge is 0.0283 e. The van der Waals surface area contributed by atoms with Crippen molar-refractivity contribution in [1.82, 2.24) is 0 Å². The highest BCUT2D eigenvalue weighted by Gasteiger charge is 1.98. The molecule has 0 aliphatic heterocycles. The quantitative estimate of drug-likeness (QED) is 0.679. The maximum absolute atomic E-state index is 3.48. The fourth-order valence-electron chi connectivity index (χ4n) is 1.62. The summed E-state index contributed by atoms with van der Waals surface area (Å²) in [6.45, 7) is 0. The Bertz CT molecular complexity index is 460. The van der Waals surface area contributed by atoms with Crippen LogP contribution in [0.15, 0.2) is 48.5 Å². The van der Waals surface area contributed by atoms with Crippen molar-refractivity contribution in [2.45, 2.75) is 10.7 Å². The lowest BCUT2D eigenvalue weighted by Crippen LogP contribution is -1.82. The van der Waals surface area contributed by atoms with E-state index < -0.39 is 0 Å². The van der Waals surface area contributed by atoms with Crippen molar-refractivity contribution in [2.75, 3.05) is 0 Å². The molecule has 0 radical (unpaired) electrons. The molecule has 82 valence electrons. The van der Waals surface area contributed by atoms with E-state index in [9.17, 15) is 0 Å². The first-order valence-corrected chi connectivity index (χ1v) is 7.38. The molecule has 0 aromatic heterocycles. The Kier molecular flexibility index (Phi) is 4.19. The van der Waals surface area contributed by atoms with Crippen molar-refractivity contribution in [1.29, 1.82) is 0 Å². The van der Waals surface area contributed by atoms with E-state index in [-0.39, 0.29) is 0 Å². The molecule has 0 amide bonds. The van der Waals surface area contributed by atoms with E-state index >= 15 is 0 Å². The lowest BCUT2D eigenvalue weighted by Gasteiger charge is -2.04. The van der Waals surface area contributed by atoms with Crippen LogP contribution >= 0.6 is 31.9 Å². The Morgan fingerprint density at radius 3 is 2.00 bits per heavy atom. The van der Waals surface area contributed by atoms with Crippen LogP contribution in [-0.2, 0) is 10.7 Å². The van der Waals surface area contributed by atoms with Gasteiger partial charge in [-0.1, -0.05) is 80.4 Å². The third-order valence-corrected chi connectivity index (χ3v) is 3.82. The fraction of sp³-hybridized carbons (Fsp3) is 0.143. The van der Waals surface area contributed by atoms with Gasteiger partial charge in [0.25, 0.3) is 0 Å². The molecule has 0 nitrogen and oxygen atoms in total. The Labute approximate surface area is 113 Å². The minimum atomic E-state index is 0.903. The van der Waals surface area contributed by atoms with Crippen LogP contribution in [0.4, 0.5) is 0 Å². The van der Waals surface area contributed by atoms with Crippen molar-refractivity contribution >= 4 is 31.9 Å². The highest BCUT2D eigenvalue weighted by atomic mass is 79.9. The minimum absolute atomic E-state index is 0.903. The largest absolute Gasteiger partial charge is 0.0876 e. The lowest BCUT2D eigenvalue weighted by atomic mass is 10.0. The van der Waals surface area contributed by atoms with E-state index in [1.54, 1.807) is 0 Å². The summed E-state index contributed by atoms with van der Waals surface area (Å²) in [7, 11) is 0. The predicted molar refractivity (Wildman–Crippen MR) is 77.1 cm³/mol. The van der Waals surface area contributed by atoms with Crippen LogP contribution in [-0.4, -0.2) is 0 Å². The summed E-state index contributed by atoms with van der Waals surface area (Å²) in [5.74, 6) is 0. The van der Waals surface area contributed by atoms with Gasteiger partial charge in [0.2, 0.25) is 0 Å². The molecular weight excluding hydrogens is 328 g/mol. The Hall–Kier alpha value is -0.600. The number of rotatable bonds is 3. The number of hydrogen-bond acceptors (Lipinski definition) is 0. The summed E-state index contributed by atoms with van der Waals surface area (Å²) in [4.78, 5) is 0. The number of hydrogen-bond donors (Lipinski definition) is 0. The molecule has 0 bridgehead atoms. The summed E-state index contributed by atoms with van der Waals surface area (Å²) in [6, 6.07) is 17.3. The highest BCUT2D eigenvalue weighted by molar-refractivity contribution is 9.08. The molecule has 0 saturated heterocycles. The molecule has 2 aromatic rings. The van der Waals surface area contributed by atoms with Gasteiger partial charge in [-0.05, 0) is 22.3 Å². The van der Waals surface area contributed by atoms with Gasteiger partial charge in [0, 0.05) is 10.7 Å². The first-order valence-electron chi connectivity index (χ1n) is 5.13. The molecule has 0 heterocycles. The fourth-order valence-corrected chi connectivity index (χ4v) is 2.34. The van der Waals surface area contributed by atoms with Crippen molar-refractivity contribution in [3.8, 4) is 11.1 Å². The van der Waals surface area contributed by atoms with Gasteiger partial charge in [-0.3, -0.25) is 0 Å². The van der Waals surface area contributed by atoms with Crippen LogP contribution in [0.1, 0.15) is 11.1 Å². The van der Waals surface area contributed by atoms with Gasteiger partial charge in [-0.15, -0.1) is 0 Å². The van der Waals surface area contributed by atoms with Gasteiger partial charge in [0.05, 0.1) is 0 Å². The Morgan fingerprint density at radius 1 is 0.688 bits per heavy atom. The second-order valence-electron chi connectivity index (χ2n) is 3.66. The van der Waals surface area contributed by atoms with Crippen LogP contribution in [0.25, 0.3) is 11.1 Å². The summed E-state index contributed by atoms with van der Waals surface area (Å²) >= 11 is 6.94. The van der Waals surface area contributed by atoms with E-state index in [2.05, 4.69) is 80.4 Å². The topological polar surface area (TPSA) is 0 Å². The van der Waals surface area contributed by atoms with Crippen molar-refractivity contribution in [3.63, 3.8) is 0 Å². The molecule has 0 saturated carbocycles. The Balaban J connectivity index is 2.34. The summed E-state index contributed by atoms with van der Waals surface area (Å²) in [6.07, 6.45) is 0. The van der Waals surface area contributed by atoms with Crippen molar-refractivity contribution in [3.05, 3.63) is 59.7 Å². The molecule has 0 spiro atoms. The summed E-state index contributed by atoms with van der Waals surface area (Å²) in [5.41, 5.74) is 5.16. The average molecular weight is 340 g/mol. The summed E-state index contributed by atoms with van der Waals surface area (Å²) < 4.78 is 0. The van der Waals surface area contributed by atoms with Crippen molar-refractivity contribution in [2.24, 2.45) is 0 Å². The third kappa shape index (κ3) is 2.74. The molecule has 0 unspecified atom stereocenters. The zero-order valence-electron chi connectivity index (χ0n) is 8.79. The van der Waals surface area contributed by atoms with E-state index in [0.717, 1.165) is 10.7 Å². The molecule has 16 heavy (non-hydrogen) atoms. The second kappa shape index (κ2) is 5.65. The van der Waals surface area contributed by atoms with Gasteiger partial charge >= 0.3 is 0 Å². The first-order chi connectivity index (χ1) is 7.83. The minimum Gasteiger partial charge on any atom is -0.0876 e. The normalized spacial score (nSPS) is 10.4. The van der Waals surface area contributed by atoms with Crippen molar-refractivity contribution < 1.29 is 0 Å². The van der Waals surface area contributed by atoms with Gasteiger partial charge in [-0.2, -0.15) is 0 Å². The zero-order valence-corrected chi connectivity index (χ0v) is 12.0. The molecule has 0 aliphatic carbocycles. The monoisotopic (exact) mass is 338 g/mol. The van der Waals surface area contributed by atoms with Crippen LogP contribution in [0.3, 0.4) is 0 Å². The molecule has 2 heteroatoms. The number of halogens is 2. The molecule has 0 N–H and O–H groups in total. The number of alkyl halides is 2. The number of benzene rings is 2. The second-order valence-corrected chi connectivity index (χ2v) is 4.79.